The van der Waals surface area contributed by atoms with Gasteiger partial charge in [-0.05, 0) is 36.8 Å². The molecule has 0 bridgehead atoms. The van der Waals surface area contributed by atoms with E-state index in [-0.39, 0.29) is 36.2 Å². The molecule has 0 saturated heterocycles. The predicted molar refractivity (Wildman–Crippen MR) is 92.0 cm³/mol. The van der Waals surface area contributed by atoms with E-state index in [1.54, 1.807) is 43.3 Å². The summed E-state index contributed by atoms with van der Waals surface area (Å²) in [6.45, 7) is 1.92. The normalized spacial score (nSPS) is 18.3. The number of esters is 1. The third-order valence-electron chi connectivity index (χ3n) is 4.49. The van der Waals surface area contributed by atoms with Crippen molar-refractivity contribution in [2.75, 3.05) is 11.5 Å². The minimum atomic E-state index is -0.553. The molecule has 1 atom stereocenters. The van der Waals surface area contributed by atoms with Gasteiger partial charge in [0.15, 0.2) is 5.75 Å². The van der Waals surface area contributed by atoms with Crippen molar-refractivity contribution in [3.63, 3.8) is 0 Å². The van der Waals surface area contributed by atoms with Gasteiger partial charge in [-0.3, -0.25) is 4.79 Å². The molecule has 0 N–H and O–H groups in total. The highest BCUT2D eigenvalue weighted by Gasteiger charge is 2.44. The van der Waals surface area contributed by atoms with Crippen molar-refractivity contribution in [1.29, 1.82) is 0 Å². The highest BCUT2D eigenvalue weighted by molar-refractivity contribution is 6.06. The fourth-order valence-electron chi connectivity index (χ4n) is 3.35. The van der Waals surface area contributed by atoms with E-state index in [1.807, 2.05) is 0 Å². The maximum absolute atomic E-state index is 13.3. The number of hydrogen-bond donors (Lipinski definition) is 0. The summed E-state index contributed by atoms with van der Waals surface area (Å²) >= 11 is 0. The Morgan fingerprint density at radius 3 is 2.69 bits per heavy atom. The summed E-state index contributed by atoms with van der Waals surface area (Å²) in [4.78, 5) is 26.9. The molecule has 0 saturated carbocycles. The van der Waals surface area contributed by atoms with Crippen molar-refractivity contribution in [2.24, 2.45) is 0 Å². The zero-order chi connectivity index (χ0) is 18.3. The lowest BCUT2D eigenvalue weighted by Crippen LogP contribution is -2.38. The van der Waals surface area contributed by atoms with Crippen LogP contribution < -0.4 is 9.64 Å². The molecule has 0 unspecified atom stereocenters. The molecule has 26 heavy (non-hydrogen) atoms. The van der Waals surface area contributed by atoms with Gasteiger partial charge < -0.3 is 9.47 Å². The van der Waals surface area contributed by atoms with Crippen molar-refractivity contribution in [3.05, 3.63) is 71.4 Å². The van der Waals surface area contributed by atoms with E-state index in [0.717, 1.165) is 0 Å². The first-order valence-corrected chi connectivity index (χ1v) is 8.36. The van der Waals surface area contributed by atoms with Crippen LogP contribution in [0.4, 0.5) is 10.1 Å². The number of halogens is 1. The van der Waals surface area contributed by atoms with Gasteiger partial charge in [0, 0.05) is 12.3 Å². The molecule has 4 rings (SSSR count). The maximum atomic E-state index is 13.3. The topological polar surface area (TPSA) is 55.8 Å². The molecule has 2 aromatic carbocycles. The molecule has 6 heteroatoms. The molecule has 132 valence electrons. The van der Waals surface area contributed by atoms with Crippen molar-refractivity contribution in [3.8, 4) is 5.75 Å². The first-order chi connectivity index (χ1) is 12.6. The number of nitrogens with zero attached hydrogens (tertiary/aromatic N) is 1. The lowest BCUT2D eigenvalue weighted by atomic mass is 9.85. The van der Waals surface area contributed by atoms with Crippen molar-refractivity contribution >= 4 is 17.6 Å². The fourth-order valence-corrected chi connectivity index (χ4v) is 3.35. The average Bonchev–Trinajstić information content (AvgIpc) is 3.02. The largest absolute Gasteiger partial charge is 0.462 e. The van der Waals surface area contributed by atoms with Gasteiger partial charge in [0.1, 0.15) is 11.4 Å². The molecule has 2 aromatic rings. The minimum absolute atomic E-state index is 0.0704. The van der Waals surface area contributed by atoms with Crippen LogP contribution in [0.25, 0.3) is 0 Å². The number of rotatable bonds is 3. The van der Waals surface area contributed by atoms with Crippen LogP contribution in [-0.2, 0) is 14.3 Å². The molecule has 0 spiro atoms. The number of fused-ring (bicyclic) bond motifs is 3. The summed E-state index contributed by atoms with van der Waals surface area (Å²) in [5.41, 5.74) is 1.54. The van der Waals surface area contributed by atoms with Gasteiger partial charge in [0.05, 0.1) is 12.3 Å². The minimum Gasteiger partial charge on any atom is -0.462 e. The van der Waals surface area contributed by atoms with Crippen molar-refractivity contribution in [1.82, 2.24) is 0 Å². The highest BCUT2D eigenvalue weighted by Crippen LogP contribution is 2.47. The van der Waals surface area contributed by atoms with Crippen LogP contribution in [0.1, 0.15) is 24.8 Å². The van der Waals surface area contributed by atoms with E-state index in [9.17, 15) is 14.0 Å². The Balaban J connectivity index is 1.87. The Kier molecular flexibility index (Phi) is 3.95. The molecular weight excluding hydrogens is 337 g/mol. The highest BCUT2D eigenvalue weighted by atomic mass is 19.1. The van der Waals surface area contributed by atoms with Crippen LogP contribution in [0.2, 0.25) is 0 Å². The Labute approximate surface area is 149 Å². The van der Waals surface area contributed by atoms with Gasteiger partial charge in [0.2, 0.25) is 11.8 Å². The number of amides is 1. The van der Waals surface area contributed by atoms with E-state index < -0.39 is 11.9 Å². The van der Waals surface area contributed by atoms with E-state index in [4.69, 9.17) is 9.47 Å². The Morgan fingerprint density at radius 2 is 1.96 bits per heavy atom. The molecule has 0 radical (unpaired) electrons. The summed E-state index contributed by atoms with van der Waals surface area (Å²) in [5, 5.41) is 0. The molecule has 0 aliphatic carbocycles. The van der Waals surface area contributed by atoms with Crippen LogP contribution in [0.3, 0.4) is 0 Å². The van der Waals surface area contributed by atoms with Crippen LogP contribution in [-0.4, -0.2) is 18.5 Å². The Morgan fingerprint density at radius 1 is 1.23 bits per heavy atom. The van der Waals surface area contributed by atoms with Gasteiger partial charge in [-0.1, -0.05) is 24.3 Å². The molecule has 2 aliphatic rings. The van der Waals surface area contributed by atoms with Crippen LogP contribution in [0.15, 0.2) is 60.0 Å². The third-order valence-corrected chi connectivity index (χ3v) is 4.49. The SMILES string of the molecule is CCOC(=O)C1=C2Oc3ccccc3N2C(=O)C[C@@H]1c1ccc(F)cc1. The number of anilines is 1. The van der Waals surface area contributed by atoms with Crippen molar-refractivity contribution in [2.45, 2.75) is 19.3 Å². The third kappa shape index (κ3) is 2.54. The first-order valence-electron chi connectivity index (χ1n) is 8.36. The van der Waals surface area contributed by atoms with E-state index >= 15 is 0 Å². The van der Waals surface area contributed by atoms with Gasteiger partial charge in [-0.2, -0.15) is 0 Å². The van der Waals surface area contributed by atoms with Gasteiger partial charge in [-0.15, -0.1) is 0 Å². The molecule has 5 nitrogen and oxygen atoms in total. The zero-order valence-corrected chi connectivity index (χ0v) is 14.1. The van der Waals surface area contributed by atoms with Crippen LogP contribution >= 0.6 is 0 Å². The molecule has 0 aromatic heterocycles. The fraction of sp³-hybridized carbons (Fsp3) is 0.200. The molecule has 2 heterocycles. The molecule has 1 amide bonds. The second kappa shape index (κ2) is 6.29. The number of ether oxygens (including phenoxy) is 2. The quantitative estimate of drug-likeness (QED) is 0.793. The van der Waals surface area contributed by atoms with Gasteiger partial charge in [0.25, 0.3) is 0 Å². The summed E-state index contributed by atoms with van der Waals surface area (Å²) < 4.78 is 24.4. The van der Waals surface area contributed by atoms with Crippen molar-refractivity contribution < 1.29 is 23.5 Å². The van der Waals surface area contributed by atoms with Gasteiger partial charge in [-0.25, -0.2) is 14.1 Å². The summed E-state index contributed by atoms with van der Waals surface area (Å²) in [7, 11) is 0. The smallest absolute Gasteiger partial charge is 0.340 e. The van der Waals surface area contributed by atoms with Crippen LogP contribution in [0, 0.1) is 5.82 Å². The lowest BCUT2D eigenvalue weighted by Gasteiger charge is -2.30. The number of hydrogen-bond acceptors (Lipinski definition) is 4. The number of benzene rings is 2. The standard InChI is InChI=1S/C20H16FNO4/c1-2-25-20(24)18-14(12-7-9-13(21)10-8-12)11-17(23)22-15-5-3-4-6-16(15)26-19(18)22/h3-10,14H,2,11H2,1H3/t14-/m1/s1. The Bertz CT molecular complexity index is 920. The van der Waals surface area contributed by atoms with Gasteiger partial charge >= 0.3 is 5.97 Å². The Hall–Kier alpha value is -3.15. The van der Waals surface area contributed by atoms with E-state index in [2.05, 4.69) is 0 Å². The summed E-state index contributed by atoms with van der Waals surface area (Å²) in [5.74, 6) is -0.975. The second-order valence-corrected chi connectivity index (χ2v) is 6.05. The predicted octanol–water partition coefficient (Wildman–Crippen LogP) is 3.51. The first kappa shape index (κ1) is 16.3. The molecular formula is C20H16FNO4. The van der Waals surface area contributed by atoms with Crippen LogP contribution in [0.5, 0.6) is 5.75 Å². The zero-order valence-electron chi connectivity index (χ0n) is 14.1. The second-order valence-electron chi connectivity index (χ2n) is 6.05. The van der Waals surface area contributed by atoms with E-state index in [0.29, 0.717) is 17.0 Å². The van der Waals surface area contributed by atoms with E-state index in [1.165, 1.54) is 17.0 Å². The number of carbonyl (C=O) groups is 2. The average molecular weight is 353 g/mol. The summed E-state index contributed by atoms with van der Waals surface area (Å²) in [6.07, 6.45) is 0.0704. The lowest BCUT2D eigenvalue weighted by molar-refractivity contribution is -0.139. The monoisotopic (exact) mass is 353 g/mol. The molecule has 0 fully saturated rings. The number of para-hydroxylation sites is 2. The number of carbonyl (C=O) groups excluding carboxylic acids is 2. The summed E-state index contributed by atoms with van der Waals surface area (Å²) in [6, 6.07) is 12.9. The molecule has 2 aliphatic heterocycles. The maximum Gasteiger partial charge on any atom is 0.340 e.